The number of hydrogen-bond acceptors (Lipinski definition) is 5. The van der Waals surface area contributed by atoms with Gasteiger partial charge in [-0.1, -0.05) is 27.7 Å². The topological polar surface area (TPSA) is 142 Å². The minimum absolute atomic E-state index is 0.105. The molecule has 3 amide bonds. The Bertz CT molecular complexity index is 564. The van der Waals surface area contributed by atoms with Crippen molar-refractivity contribution in [1.29, 1.82) is 0 Å². The van der Waals surface area contributed by atoms with Gasteiger partial charge in [0.2, 0.25) is 17.7 Å². The summed E-state index contributed by atoms with van der Waals surface area (Å²) in [4.78, 5) is 50.0. The third-order valence-corrected chi connectivity index (χ3v) is 4.62. The van der Waals surface area contributed by atoms with Crippen LogP contribution in [-0.4, -0.2) is 64.9 Å². The molecule has 1 heterocycles. The van der Waals surface area contributed by atoms with E-state index in [-0.39, 0.29) is 24.3 Å². The number of hydrogen-bond donors (Lipinski definition) is 4. The van der Waals surface area contributed by atoms with E-state index < -0.39 is 35.9 Å². The minimum Gasteiger partial charge on any atom is -0.480 e. The Hall–Kier alpha value is -2.16. The molecule has 0 aliphatic carbocycles. The summed E-state index contributed by atoms with van der Waals surface area (Å²) < 4.78 is 0. The average Bonchev–Trinajstić information content (AvgIpc) is 3.06. The van der Waals surface area contributed by atoms with E-state index in [1.807, 2.05) is 13.8 Å². The number of nitrogens with two attached hydrogens (primary N) is 1. The first-order valence-electron chi connectivity index (χ1n) is 9.41. The molecule has 0 radical (unpaired) electrons. The molecule has 1 aliphatic heterocycles. The van der Waals surface area contributed by atoms with Gasteiger partial charge in [0.25, 0.3) is 0 Å². The van der Waals surface area contributed by atoms with Crippen LogP contribution >= 0.6 is 0 Å². The van der Waals surface area contributed by atoms with Crippen LogP contribution in [0.15, 0.2) is 0 Å². The Kier molecular flexibility index (Phi) is 8.68. The molecule has 154 valence electrons. The van der Waals surface area contributed by atoms with Crippen LogP contribution in [0.1, 0.15) is 47.0 Å². The number of carbonyl (C=O) groups is 4. The van der Waals surface area contributed by atoms with Crippen molar-refractivity contribution in [3.05, 3.63) is 0 Å². The molecular formula is C18H32N4O5. The smallest absolute Gasteiger partial charge is 0.326 e. The van der Waals surface area contributed by atoms with Crippen LogP contribution in [0.5, 0.6) is 0 Å². The van der Waals surface area contributed by atoms with Crippen molar-refractivity contribution < 1.29 is 24.3 Å². The molecule has 3 atom stereocenters. The zero-order chi connectivity index (χ0) is 20.7. The number of carbonyl (C=O) groups excluding carboxylic acids is 3. The molecule has 3 unspecified atom stereocenters. The highest BCUT2D eigenvalue weighted by molar-refractivity contribution is 5.93. The molecular weight excluding hydrogens is 352 g/mol. The second kappa shape index (κ2) is 10.2. The highest BCUT2D eigenvalue weighted by Gasteiger charge is 2.36. The summed E-state index contributed by atoms with van der Waals surface area (Å²) in [5.74, 6) is -2.56. The van der Waals surface area contributed by atoms with Crippen LogP contribution in [0.3, 0.4) is 0 Å². The molecule has 1 rings (SSSR count). The lowest BCUT2D eigenvalue weighted by Crippen LogP contribution is -2.56. The Morgan fingerprint density at radius 1 is 1.15 bits per heavy atom. The first-order chi connectivity index (χ1) is 12.6. The molecule has 9 nitrogen and oxygen atoms in total. The van der Waals surface area contributed by atoms with E-state index in [2.05, 4.69) is 10.6 Å². The third-order valence-electron chi connectivity index (χ3n) is 4.62. The fraction of sp³-hybridized carbons (Fsp3) is 0.778. The highest BCUT2D eigenvalue weighted by Crippen LogP contribution is 2.18. The summed E-state index contributed by atoms with van der Waals surface area (Å²) in [6.45, 7) is 7.50. The molecule has 1 fully saturated rings. The first kappa shape index (κ1) is 22.9. The van der Waals surface area contributed by atoms with Gasteiger partial charge in [-0.2, -0.15) is 0 Å². The van der Waals surface area contributed by atoms with E-state index >= 15 is 0 Å². The van der Waals surface area contributed by atoms with E-state index in [0.29, 0.717) is 25.8 Å². The van der Waals surface area contributed by atoms with Crippen molar-refractivity contribution in [2.24, 2.45) is 17.6 Å². The van der Waals surface area contributed by atoms with Crippen LogP contribution in [-0.2, 0) is 19.2 Å². The number of aliphatic carboxylic acids is 1. The van der Waals surface area contributed by atoms with E-state index in [9.17, 15) is 24.3 Å². The summed E-state index contributed by atoms with van der Waals surface area (Å²) >= 11 is 0. The number of nitrogens with zero attached hydrogens (tertiary/aromatic N) is 1. The van der Waals surface area contributed by atoms with Gasteiger partial charge < -0.3 is 26.4 Å². The Labute approximate surface area is 160 Å². The predicted octanol–water partition coefficient (Wildman–Crippen LogP) is -0.308. The lowest BCUT2D eigenvalue weighted by molar-refractivity contribution is -0.144. The molecule has 0 bridgehead atoms. The van der Waals surface area contributed by atoms with Gasteiger partial charge in [0, 0.05) is 6.54 Å². The maximum atomic E-state index is 12.7. The van der Waals surface area contributed by atoms with Crippen LogP contribution in [0.25, 0.3) is 0 Å². The van der Waals surface area contributed by atoms with Gasteiger partial charge in [0.1, 0.15) is 18.1 Å². The van der Waals surface area contributed by atoms with Crippen LogP contribution in [0.2, 0.25) is 0 Å². The second-order valence-corrected chi connectivity index (χ2v) is 7.71. The van der Waals surface area contributed by atoms with Gasteiger partial charge in [0.05, 0.1) is 6.54 Å². The molecule has 0 spiro atoms. The van der Waals surface area contributed by atoms with Gasteiger partial charge in [-0.3, -0.25) is 14.4 Å². The summed E-state index contributed by atoms with van der Waals surface area (Å²) in [7, 11) is 0. The number of nitrogens with one attached hydrogen (secondary N) is 2. The molecule has 27 heavy (non-hydrogen) atoms. The summed E-state index contributed by atoms with van der Waals surface area (Å²) in [5.41, 5.74) is 5.40. The van der Waals surface area contributed by atoms with Crippen LogP contribution in [0.4, 0.5) is 0 Å². The van der Waals surface area contributed by atoms with Crippen molar-refractivity contribution in [3.63, 3.8) is 0 Å². The monoisotopic (exact) mass is 384 g/mol. The number of rotatable bonds is 9. The maximum absolute atomic E-state index is 12.7. The number of carboxylic acid groups (broad SMARTS) is 1. The SMILES string of the molecule is CC(C)CC(NC(=O)C1CCCN1C(=O)CN)C(=O)NC(C(=O)O)C(C)C. The molecule has 1 aliphatic rings. The maximum Gasteiger partial charge on any atom is 0.326 e. The van der Waals surface area contributed by atoms with Gasteiger partial charge in [-0.15, -0.1) is 0 Å². The predicted molar refractivity (Wildman–Crippen MR) is 99.6 cm³/mol. The van der Waals surface area contributed by atoms with E-state index in [0.717, 1.165) is 0 Å². The van der Waals surface area contributed by atoms with E-state index in [1.54, 1.807) is 13.8 Å². The number of carboxylic acids is 1. The third kappa shape index (κ3) is 6.50. The van der Waals surface area contributed by atoms with Crippen molar-refractivity contribution in [3.8, 4) is 0 Å². The van der Waals surface area contributed by atoms with Crippen molar-refractivity contribution in [2.45, 2.75) is 65.1 Å². The molecule has 0 saturated carbocycles. The van der Waals surface area contributed by atoms with Crippen molar-refractivity contribution >= 4 is 23.7 Å². The lowest BCUT2D eigenvalue weighted by atomic mass is 10.00. The van der Waals surface area contributed by atoms with E-state index in [1.165, 1.54) is 4.90 Å². The Balaban J connectivity index is 2.87. The molecule has 0 aromatic heterocycles. The molecule has 5 N–H and O–H groups in total. The fourth-order valence-electron chi connectivity index (χ4n) is 3.19. The molecule has 0 aromatic rings. The Morgan fingerprint density at radius 3 is 2.26 bits per heavy atom. The lowest BCUT2D eigenvalue weighted by Gasteiger charge is -2.28. The summed E-state index contributed by atoms with van der Waals surface area (Å²) in [5, 5.41) is 14.5. The van der Waals surface area contributed by atoms with Crippen LogP contribution < -0.4 is 16.4 Å². The van der Waals surface area contributed by atoms with Crippen LogP contribution in [0, 0.1) is 11.8 Å². The highest BCUT2D eigenvalue weighted by atomic mass is 16.4. The van der Waals surface area contributed by atoms with Gasteiger partial charge in [0.15, 0.2) is 0 Å². The quantitative estimate of drug-likeness (QED) is 0.430. The molecule has 0 aromatic carbocycles. The average molecular weight is 384 g/mol. The largest absolute Gasteiger partial charge is 0.480 e. The minimum atomic E-state index is -1.12. The summed E-state index contributed by atoms with van der Waals surface area (Å²) in [6.07, 6.45) is 1.57. The van der Waals surface area contributed by atoms with Gasteiger partial charge >= 0.3 is 5.97 Å². The summed E-state index contributed by atoms with van der Waals surface area (Å²) in [6, 6.07) is -2.55. The number of likely N-dealkylation sites (tertiary alicyclic amines) is 1. The van der Waals surface area contributed by atoms with E-state index in [4.69, 9.17) is 5.73 Å². The fourth-order valence-corrected chi connectivity index (χ4v) is 3.19. The molecule has 9 heteroatoms. The van der Waals surface area contributed by atoms with Crippen molar-refractivity contribution in [2.75, 3.05) is 13.1 Å². The first-order valence-corrected chi connectivity index (χ1v) is 9.41. The van der Waals surface area contributed by atoms with Gasteiger partial charge in [-0.25, -0.2) is 4.79 Å². The zero-order valence-corrected chi connectivity index (χ0v) is 16.5. The molecule has 1 saturated heterocycles. The second-order valence-electron chi connectivity index (χ2n) is 7.71. The number of amides is 3. The van der Waals surface area contributed by atoms with Crippen molar-refractivity contribution in [1.82, 2.24) is 15.5 Å². The van der Waals surface area contributed by atoms with Gasteiger partial charge in [-0.05, 0) is 31.1 Å². The normalized spacial score (nSPS) is 19.1. The zero-order valence-electron chi connectivity index (χ0n) is 16.5. The standard InChI is InChI=1S/C18H32N4O5/c1-10(2)8-12(16(24)21-15(11(3)4)18(26)27)20-17(25)13-6-5-7-22(13)14(23)9-19/h10-13,15H,5-9,19H2,1-4H3,(H,20,25)(H,21,24)(H,26,27). The Morgan fingerprint density at radius 2 is 1.78 bits per heavy atom.